The number of nitrogens with zero attached hydrogens (tertiary/aromatic N) is 2. The highest BCUT2D eigenvalue weighted by molar-refractivity contribution is 6.03. The highest BCUT2D eigenvalue weighted by Crippen LogP contribution is 2.36. The number of nitrogens with one attached hydrogen (secondary N) is 1. The van der Waals surface area contributed by atoms with Crippen molar-refractivity contribution in [1.82, 2.24) is 14.8 Å². The summed E-state index contributed by atoms with van der Waals surface area (Å²) in [5.74, 6) is 0.367. The molecule has 39 heavy (non-hydrogen) atoms. The summed E-state index contributed by atoms with van der Waals surface area (Å²) in [6.07, 6.45) is 2.34. The second kappa shape index (κ2) is 10.6. The zero-order valence-electron chi connectivity index (χ0n) is 22.4. The first-order valence-electron chi connectivity index (χ1n) is 13.6. The van der Waals surface area contributed by atoms with E-state index in [4.69, 9.17) is 14.6 Å². The van der Waals surface area contributed by atoms with Crippen LogP contribution in [0, 0.1) is 19.8 Å². The number of fused-ring (bicyclic) bond motifs is 2. The van der Waals surface area contributed by atoms with Crippen LogP contribution < -0.4 is 4.74 Å². The van der Waals surface area contributed by atoms with Gasteiger partial charge in [-0.05, 0) is 50.1 Å². The number of carbonyl (C=O) groups is 1. The van der Waals surface area contributed by atoms with Gasteiger partial charge >= 0.3 is 5.97 Å². The van der Waals surface area contributed by atoms with Gasteiger partial charge in [0.2, 0.25) is 0 Å². The van der Waals surface area contributed by atoms with Crippen LogP contribution in [0.3, 0.4) is 0 Å². The van der Waals surface area contributed by atoms with Crippen LogP contribution in [-0.4, -0.2) is 45.7 Å². The second-order valence-electron chi connectivity index (χ2n) is 10.4. The number of aromatic carboxylic acids is 1. The summed E-state index contributed by atoms with van der Waals surface area (Å²) in [6.45, 7) is 7.03. The topological polar surface area (TPSA) is 89.4 Å². The maximum atomic E-state index is 12.3. The first kappa shape index (κ1) is 25.2. The summed E-state index contributed by atoms with van der Waals surface area (Å²) < 4.78 is 13.8. The Labute approximate surface area is 227 Å². The maximum absolute atomic E-state index is 12.3. The van der Waals surface area contributed by atoms with E-state index in [1.807, 2.05) is 43.3 Å². The third-order valence-corrected chi connectivity index (χ3v) is 7.84. The van der Waals surface area contributed by atoms with E-state index in [0.29, 0.717) is 25.4 Å². The SMILES string of the molecule is Cc1nn(CC2CCOC2)c(C)c1-c1cccc2c(CCCOc3cccc4ccccc34)c(C(=O)O)[nH]c12. The maximum Gasteiger partial charge on any atom is 0.352 e. The molecular formula is C32H33N3O4. The van der Waals surface area contributed by atoms with Crippen LogP contribution >= 0.6 is 0 Å². The summed E-state index contributed by atoms with van der Waals surface area (Å²) in [4.78, 5) is 15.5. The van der Waals surface area contributed by atoms with E-state index in [1.165, 1.54) is 0 Å². The van der Waals surface area contributed by atoms with E-state index in [-0.39, 0.29) is 5.69 Å². The average Bonchev–Trinajstić information content (AvgIpc) is 3.65. The van der Waals surface area contributed by atoms with E-state index in [2.05, 4.69) is 40.9 Å². The fraction of sp³-hybridized carbons (Fsp3) is 0.312. The van der Waals surface area contributed by atoms with Crippen LogP contribution in [0.15, 0.2) is 60.7 Å². The Hall–Kier alpha value is -4.10. The largest absolute Gasteiger partial charge is 0.493 e. The van der Waals surface area contributed by atoms with Crippen molar-refractivity contribution in [2.75, 3.05) is 19.8 Å². The van der Waals surface area contributed by atoms with Crippen molar-refractivity contribution in [3.8, 4) is 16.9 Å². The summed E-state index contributed by atoms with van der Waals surface area (Å²) in [5, 5.41) is 18.1. The molecule has 5 aromatic rings. The lowest BCUT2D eigenvalue weighted by atomic mass is 9.98. The summed E-state index contributed by atoms with van der Waals surface area (Å²) >= 11 is 0. The van der Waals surface area contributed by atoms with Gasteiger partial charge in [0.05, 0.1) is 24.4 Å². The number of para-hydroxylation sites is 1. The molecule has 1 aliphatic heterocycles. The molecule has 3 aromatic carbocycles. The average molecular weight is 524 g/mol. The van der Waals surface area contributed by atoms with E-state index in [1.54, 1.807) is 0 Å². The Morgan fingerprint density at radius 2 is 1.90 bits per heavy atom. The Bertz CT molecular complexity index is 1650. The number of aryl methyl sites for hydroxylation is 2. The number of rotatable bonds is 9. The van der Waals surface area contributed by atoms with E-state index >= 15 is 0 Å². The zero-order chi connectivity index (χ0) is 26.9. The molecule has 0 radical (unpaired) electrons. The molecule has 7 nitrogen and oxygen atoms in total. The quantitative estimate of drug-likeness (QED) is 0.214. The van der Waals surface area contributed by atoms with Gasteiger partial charge in [0, 0.05) is 46.7 Å². The Balaban J connectivity index is 1.27. The van der Waals surface area contributed by atoms with E-state index in [0.717, 1.165) is 81.7 Å². The lowest BCUT2D eigenvalue weighted by molar-refractivity contribution is 0.0690. The third-order valence-electron chi connectivity index (χ3n) is 7.84. The fourth-order valence-electron chi connectivity index (χ4n) is 5.91. The van der Waals surface area contributed by atoms with Crippen molar-refractivity contribution in [3.63, 3.8) is 0 Å². The lowest BCUT2D eigenvalue weighted by Crippen LogP contribution is -2.13. The number of aromatic nitrogens is 3. The molecule has 1 saturated heterocycles. The van der Waals surface area contributed by atoms with Crippen LogP contribution in [-0.2, 0) is 17.7 Å². The van der Waals surface area contributed by atoms with Gasteiger partial charge in [0.1, 0.15) is 11.4 Å². The molecule has 6 rings (SSSR count). The van der Waals surface area contributed by atoms with Gasteiger partial charge in [-0.2, -0.15) is 5.10 Å². The van der Waals surface area contributed by atoms with Gasteiger partial charge in [-0.15, -0.1) is 0 Å². The minimum absolute atomic E-state index is 0.244. The van der Waals surface area contributed by atoms with Crippen LogP contribution in [0.2, 0.25) is 0 Å². The lowest BCUT2D eigenvalue weighted by Gasteiger charge is -2.10. The highest BCUT2D eigenvalue weighted by Gasteiger charge is 2.24. The minimum atomic E-state index is -0.951. The molecule has 1 atom stereocenters. The molecule has 0 amide bonds. The van der Waals surface area contributed by atoms with Gasteiger partial charge in [0.25, 0.3) is 0 Å². The second-order valence-corrected chi connectivity index (χ2v) is 10.4. The molecule has 0 aliphatic carbocycles. The number of aromatic amines is 1. The van der Waals surface area contributed by atoms with Crippen LogP contribution in [0.25, 0.3) is 32.8 Å². The number of H-pyrrole nitrogens is 1. The number of benzene rings is 3. The summed E-state index contributed by atoms with van der Waals surface area (Å²) in [7, 11) is 0. The van der Waals surface area contributed by atoms with Crippen molar-refractivity contribution >= 4 is 27.6 Å². The molecule has 3 heterocycles. The predicted molar refractivity (Wildman–Crippen MR) is 153 cm³/mol. The zero-order valence-corrected chi connectivity index (χ0v) is 22.4. The molecule has 1 aliphatic rings. The first-order chi connectivity index (χ1) is 19.0. The smallest absolute Gasteiger partial charge is 0.352 e. The van der Waals surface area contributed by atoms with Crippen molar-refractivity contribution in [2.24, 2.45) is 5.92 Å². The number of ether oxygens (including phenoxy) is 2. The fourth-order valence-corrected chi connectivity index (χ4v) is 5.91. The predicted octanol–water partition coefficient (Wildman–Crippen LogP) is 6.55. The van der Waals surface area contributed by atoms with Crippen molar-refractivity contribution in [2.45, 2.75) is 39.7 Å². The minimum Gasteiger partial charge on any atom is -0.493 e. The number of hydrogen-bond acceptors (Lipinski definition) is 4. The number of carboxylic acid groups (broad SMARTS) is 1. The van der Waals surface area contributed by atoms with Crippen molar-refractivity contribution < 1.29 is 19.4 Å². The Morgan fingerprint density at radius 1 is 1.10 bits per heavy atom. The molecule has 0 saturated carbocycles. The third kappa shape index (κ3) is 4.79. The van der Waals surface area contributed by atoms with Crippen molar-refractivity contribution in [1.29, 1.82) is 0 Å². The number of hydrogen-bond donors (Lipinski definition) is 2. The van der Waals surface area contributed by atoms with Crippen LogP contribution in [0.4, 0.5) is 0 Å². The van der Waals surface area contributed by atoms with Gasteiger partial charge in [0.15, 0.2) is 0 Å². The van der Waals surface area contributed by atoms with Gasteiger partial charge in [-0.1, -0.05) is 54.6 Å². The van der Waals surface area contributed by atoms with Gasteiger partial charge in [-0.3, -0.25) is 4.68 Å². The van der Waals surface area contributed by atoms with Gasteiger partial charge in [-0.25, -0.2) is 4.79 Å². The van der Waals surface area contributed by atoms with Crippen LogP contribution in [0.5, 0.6) is 5.75 Å². The Morgan fingerprint density at radius 3 is 2.72 bits per heavy atom. The van der Waals surface area contributed by atoms with Crippen molar-refractivity contribution in [3.05, 3.63) is 83.3 Å². The van der Waals surface area contributed by atoms with E-state index in [9.17, 15) is 9.90 Å². The monoisotopic (exact) mass is 523 g/mol. The molecule has 200 valence electrons. The molecule has 7 heteroatoms. The normalized spacial score (nSPS) is 15.4. The molecule has 2 N–H and O–H groups in total. The number of carboxylic acids is 1. The molecule has 1 fully saturated rings. The summed E-state index contributed by atoms with van der Waals surface area (Å²) in [6, 6.07) is 20.3. The summed E-state index contributed by atoms with van der Waals surface area (Å²) in [5.41, 5.74) is 5.97. The van der Waals surface area contributed by atoms with Crippen LogP contribution in [0.1, 0.15) is 40.3 Å². The molecule has 0 bridgehead atoms. The Kier molecular flexibility index (Phi) is 6.83. The molecular weight excluding hydrogens is 490 g/mol. The molecule has 2 aromatic heterocycles. The standard InChI is InChI=1S/C32H33N3O4/c1-20-29(21(2)35(34-20)18-22-15-17-38-19-22)27-12-6-11-25-26(31(32(36)37)33-30(25)27)13-7-16-39-28-14-5-9-23-8-3-4-10-24(23)28/h3-6,8-12,14,22,33H,7,13,15-19H2,1-2H3,(H,36,37). The van der Waals surface area contributed by atoms with E-state index < -0.39 is 5.97 Å². The molecule has 0 spiro atoms. The first-order valence-corrected chi connectivity index (χ1v) is 13.6. The van der Waals surface area contributed by atoms with Gasteiger partial charge < -0.3 is 19.6 Å². The molecule has 1 unspecified atom stereocenters. The highest BCUT2D eigenvalue weighted by atomic mass is 16.5.